The van der Waals surface area contributed by atoms with Gasteiger partial charge in [-0.15, -0.1) is 0 Å². The molecule has 186 valence electrons. The minimum absolute atomic E-state index is 0.0957. The first-order valence-electron chi connectivity index (χ1n) is 11.3. The van der Waals surface area contributed by atoms with E-state index in [1.165, 1.54) is 0 Å². The van der Waals surface area contributed by atoms with Crippen molar-refractivity contribution >= 4 is 22.7 Å². The molecule has 1 N–H and O–H groups in total. The molecule has 0 saturated carbocycles. The lowest BCUT2D eigenvalue weighted by Crippen LogP contribution is -2.14. The van der Waals surface area contributed by atoms with E-state index in [1.807, 2.05) is 62.4 Å². The largest absolute Gasteiger partial charge is 0.496 e. The van der Waals surface area contributed by atoms with Crippen LogP contribution in [-0.4, -0.2) is 32.4 Å². The zero-order valence-electron chi connectivity index (χ0n) is 20.9. The molecule has 0 bridgehead atoms. The first-order chi connectivity index (χ1) is 17.4. The summed E-state index contributed by atoms with van der Waals surface area (Å²) < 4.78 is 27.8. The van der Waals surface area contributed by atoms with Crippen LogP contribution in [0.3, 0.4) is 0 Å². The molecule has 1 aromatic heterocycles. The van der Waals surface area contributed by atoms with Crippen LogP contribution in [0.4, 0.5) is 10.5 Å². The van der Waals surface area contributed by atoms with Crippen LogP contribution >= 0.6 is 0 Å². The highest BCUT2D eigenvalue weighted by Gasteiger charge is 2.15. The number of fused-ring (bicyclic) bond motifs is 1. The predicted octanol–water partition coefficient (Wildman–Crippen LogP) is 6.42. The van der Waals surface area contributed by atoms with Gasteiger partial charge in [-0.1, -0.05) is 18.2 Å². The van der Waals surface area contributed by atoms with Gasteiger partial charge in [-0.25, -0.2) is 4.79 Å². The van der Waals surface area contributed by atoms with Crippen molar-refractivity contribution in [1.29, 1.82) is 0 Å². The molecule has 1 heterocycles. The van der Waals surface area contributed by atoms with Crippen LogP contribution in [0.1, 0.15) is 16.7 Å². The number of anilines is 1. The molecule has 0 aliphatic heterocycles. The van der Waals surface area contributed by atoms with Gasteiger partial charge in [-0.2, -0.15) is 0 Å². The highest BCUT2D eigenvalue weighted by molar-refractivity contribution is 5.89. The number of para-hydroxylation sites is 1. The molecule has 0 fully saturated rings. The van der Waals surface area contributed by atoms with Crippen LogP contribution in [0.5, 0.6) is 28.7 Å². The zero-order valence-corrected chi connectivity index (χ0v) is 20.9. The zero-order chi connectivity index (χ0) is 25.7. The molecule has 4 rings (SSSR count). The Balaban J connectivity index is 1.51. The Labute approximate surface area is 209 Å². The molecule has 4 aromatic rings. The van der Waals surface area contributed by atoms with Crippen LogP contribution < -0.4 is 24.3 Å². The number of pyridine rings is 1. The van der Waals surface area contributed by atoms with Crippen LogP contribution in [0, 0.1) is 13.8 Å². The van der Waals surface area contributed by atoms with Crippen molar-refractivity contribution in [1.82, 2.24) is 4.98 Å². The SMILES string of the molecule is COc1ccccc1COC(=O)Nc1cc(C)c(Oc2ccnc3cc(OC)c(OC)cc23)cc1C. The minimum Gasteiger partial charge on any atom is -0.496 e. The average Bonchev–Trinajstić information content (AvgIpc) is 2.89. The predicted molar refractivity (Wildman–Crippen MR) is 138 cm³/mol. The number of nitrogens with zero attached hydrogens (tertiary/aromatic N) is 1. The van der Waals surface area contributed by atoms with Gasteiger partial charge in [-0.3, -0.25) is 10.3 Å². The Bertz CT molecular complexity index is 1400. The number of rotatable bonds is 8. The second-order valence-corrected chi connectivity index (χ2v) is 8.08. The maximum atomic E-state index is 12.4. The fraction of sp³-hybridized carbons (Fsp3) is 0.214. The van der Waals surface area contributed by atoms with E-state index in [1.54, 1.807) is 33.6 Å². The highest BCUT2D eigenvalue weighted by atomic mass is 16.5. The van der Waals surface area contributed by atoms with Crippen molar-refractivity contribution in [2.45, 2.75) is 20.5 Å². The normalized spacial score (nSPS) is 10.6. The van der Waals surface area contributed by atoms with Gasteiger partial charge in [0.25, 0.3) is 0 Å². The van der Waals surface area contributed by atoms with Crippen molar-refractivity contribution in [2.24, 2.45) is 0 Å². The van der Waals surface area contributed by atoms with Gasteiger partial charge in [0.1, 0.15) is 23.9 Å². The smallest absolute Gasteiger partial charge is 0.411 e. The number of benzene rings is 3. The quantitative estimate of drug-likeness (QED) is 0.306. The number of ether oxygens (including phenoxy) is 5. The summed E-state index contributed by atoms with van der Waals surface area (Å²) in [4.78, 5) is 16.9. The summed E-state index contributed by atoms with van der Waals surface area (Å²) in [5, 5.41) is 3.60. The molecule has 0 radical (unpaired) electrons. The average molecular weight is 489 g/mol. The fourth-order valence-electron chi connectivity index (χ4n) is 3.80. The van der Waals surface area contributed by atoms with Crippen LogP contribution in [0.2, 0.25) is 0 Å². The molecule has 0 spiro atoms. The first-order valence-corrected chi connectivity index (χ1v) is 11.3. The lowest BCUT2D eigenvalue weighted by Gasteiger charge is -2.16. The topological polar surface area (TPSA) is 88.1 Å². The number of carbonyl (C=O) groups is 1. The standard InChI is InChI=1S/C28H28N2O6/c1-17-13-25(36-24-10-11-29-22-15-27(34-5)26(33-4)14-20(22)24)18(2)12-21(17)30-28(31)35-16-19-8-6-7-9-23(19)32-3/h6-15H,16H2,1-5H3,(H,30,31). The van der Waals surface area contributed by atoms with E-state index in [2.05, 4.69) is 10.3 Å². The van der Waals surface area contributed by atoms with Gasteiger partial charge >= 0.3 is 6.09 Å². The van der Waals surface area contributed by atoms with E-state index in [9.17, 15) is 4.79 Å². The Morgan fingerprint density at radius 3 is 2.28 bits per heavy atom. The summed E-state index contributed by atoms with van der Waals surface area (Å²) in [6, 6.07) is 16.6. The number of aryl methyl sites for hydroxylation is 2. The summed E-state index contributed by atoms with van der Waals surface area (Å²) in [6.45, 7) is 3.90. The Morgan fingerprint density at radius 2 is 1.53 bits per heavy atom. The summed E-state index contributed by atoms with van der Waals surface area (Å²) in [7, 11) is 4.75. The molecule has 8 nitrogen and oxygen atoms in total. The Kier molecular flexibility index (Phi) is 7.44. The van der Waals surface area contributed by atoms with E-state index < -0.39 is 6.09 Å². The highest BCUT2D eigenvalue weighted by Crippen LogP contribution is 2.38. The Hall–Kier alpha value is -4.46. The summed E-state index contributed by atoms with van der Waals surface area (Å²) in [6.07, 6.45) is 1.12. The van der Waals surface area contributed by atoms with Crippen LogP contribution in [-0.2, 0) is 11.3 Å². The third kappa shape index (κ3) is 5.27. The Morgan fingerprint density at radius 1 is 0.806 bits per heavy atom. The second kappa shape index (κ2) is 10.9. The summed E-state index contributed by atoms with van der Waals surface area (Å²) in [5.41, 5.74) is 3.80. The lowest BCUT2D eigenvalue weighted by molar-refractivity contribution is 0.154. The van der Waals surface area contributed by atoms with Gasteiger partial charge in [0, 0.05) is 28.9 Å². The molecule has 36 heavy (non-hydrogen) atoms. The number of methoxy groups -OCH3 is 3. The number of hydrogen-bond donors (Lipinski definition) is 1. The monoisotopic (exact) mass is 488 g/mol. The minimum atomic E-state index is -0.557. The maximum Gasteiger partial charge on any atom is 0.411 e. The number of carbonyl (C=O) groups excluding carboxylic acids is 1. The molecule has 3 aromatic carbocycles. The maximum absolute atomic E-state index is 12.4. The molecule has 1 amide bonds. The molecular weight excluding hydrogens is 460 g/mol. The van der Waals surface area contributed by atoms with Gasteiger partial charge in [-0.05, 0) is 55.3 Å². The van der Waals surface area contributed by atoms with Crippen molar-refractivity contribution in [3.05, 3.63) is 77.5 Å². The van der Waals surface area contributed by atoms with E-state index >= 15 is 0 Å². The van der Waals surface area contributed by atoms with E-state index in [0.29, 0.717) is 34.4 Å². The third-order valence-corrected chi connectivity index (χ3v) is 5.74. The third-order valence-electron chi connectivity index (χ3n) is 5.74. The van der Waals surface area contributed by atoms with Gasteiger partial charge in [0.2, 0.25) is 0 Å². The van der Waals surface area contributed by atoms with Crippen molar-refractivity contribution in [3.63, 3.8) is 0 Å². The first kappa shape index (κ1) is 24.7. The molecule has 0 saturated heterocycles. The van der Waals surface area contributed by atoms with Gasteiger partial charge < -0.3 is 23.7 Å². The number of hydrogen-bond acceptors (Lipinski definition) is 7. The van der Waals surface area contributed by atoms with Crippen molar-refractivity contribution < 1.29 is 28.5 Å². The van der Waals surface area contributed by atoms with Crippen LogP contribution in [0.25, 0.3) is 10.9 Å². The molecule has 0 atom stereocenters. The van der Waals surface area contributed by atoms with E-state index in [-0.39, 0.29) is 6.61 Å². The molecule has 8 heteroatoms. The number of aromatic nitrogens is 1. The van der Waals surface area contributed by atoms with Crippen molar-refractivity contribution in [3.8, 4) is 28.7 Å². The number of nitrogens with one attached hydrogen (secondary N) is 1. The fourth-order valence-corrected chi connectivity index (χ4v) is 3.80. The molecule has 0 unspecified atom stereocenters. The van der Waals surface area contributed by atoms with Crippen molar-refractivity contribution in [2.75, 3.05) is 26.6 Å². The molecule has 0 aliphatic rings. The van der Waals surface area contributed by atoms with Gasteiger partial charge in [0.15, 0.2) is 11.5 Å². The number of amides is 1. The van der Waals surface area contributed by atoms with E-state index in [4.69, 9.17) is 23.7 Å². The molecular formula is C28H28N2O6. The molecule has 0 aliphatic carbocycles. The summed E-state index contributed by atoms with van der Waals surface area (Å²) >= 11 is 0. The second-order valence-electron chi connectivity index (χ2n) is 8.08. The van der Waals surface area contributed by atoms with Gasteiger partial charge in [0.05, 0.1) is 26.8 Å². The summed E-state index contributed by atoms with van der Waals surface area (Å²) in [5.74, 6) is 3.12. The lowest BCUT2D eigenvalue weighted by atomic mass is 10.1. The van der Waals surface area contributed by atoms with E-state index in [0.717, 1.165) is 27.6 Å². The van der Waals surface area contributed by atoms with Crippen LogP contribution in [0.15, 0.2) is 60.8 Å².